The van der Waals surface area contributed by atoms with Gasteiger partial charge in [0.2, 0.25) is 5.91 Å². The molecule has 19 heavy (non-hydrogen) atoms. The zero-order valence-corrected chi connectivity index (χ0v) is 13.2. The van der Waals surface area contributed by atoms with Crippen LogP contribution >= 0.6 is 0 Å². The number of hydrogen-bond donors (Lipinski definition) is 2. The molecule has 0 bridgehead atoms. The molecule has 1 rings (SSSR count). The molecule has 2 atom stereocenters. The molecule has 0 aromatic carbocycles. The molecule has 112 valence electrons. The summed E-state index contributed by atoms with van der Waals surface area (Å²) in [5.41, 5.74) is 6.32. The van der Waals surface area contributed by atoms with Crippen molar-refractivity contribution >= 4 is 5.91 Å². The Morgan fingerprint density at radius 3 is 2.32 bits per heavy atom. The van der Waals surface area contributed by atoms with Crippen LogP contribution in [0.4, 0.5) is 0 Å². The molecule has 0 aromatic rings. The second-order valence-electron chi connectivity index (χ2n) is 6.93. The van der Waals surface area contributed by atoms with E-state index < -0.39 is 0 Å². The molecule has 1 saturated carbocycles. The predicted octanol–water partition coefficient (Wildman–Crippen LogP) is 3.08. The van der Waals surface area contributed by atoms with Gasteiger partial charge in [0, 0.05) is 6.54 Å². The van der Waals surface area contributed by atoms with E-state index in [1.807, 2.05) is 6.92 Å². The van der Waals surface area contributed by atoms with Crippen molar-refractivity contribution in [3.63, 3.8) is 0 Å². The van der Waals surface area contributed by atoms with Crippen molar-refractivity contribution in [1.29, 1.82) is 0 Å². The minimum absolute atomic E-state index is 0.0318. The van der Waals surface area contributed by atoms with Gasteiger partial charge in [0.15, 0.2) is 0 Å². The van der Waals surface area contributed by atoms with Crippen LogP contribution in [0.2, 0.25) is 0 Å². The van der Waals surface area contributed by atoms with E-state index in [4.69, 9.17) is 5.73 Å². The van der Waals surface area contributed by atoms with E-state index in [9.17, 15) is 4.79 Å². The normalized spacial score (nSPS) is 21.4. The lowest BCUT2D eigenvalue weighted by atomic mass is 9.78. The van der Waals surface area contributed by atoms with Crippen molar-refractivity contribution in [2.75, 3.05) is 6.54 Å². The zero-order valence-electron chi connectivity index (χ0n) is 13.2. The first kappa shape index (κ1) is 16.5. The Hall–Kier alpha value is -0.570. The first-order valence-corrected chi connectivity index (χ1v) is 7.93. The standard InChI is InChI=1S/C16H32N2O/c1-5-13(4)14(17)15(19)18-11-16(10-12(2)3)8-6-7-9-16/h12-14H,5-11,17H2,1-4H3,(H,18,19)/t13?,14-/m0/s1. The van der Waals surface area contributed by atoms with Crippen molar-refractivity contribution < 1.29 is 4.79 Å². The van der Waals surface area contributed by atoms with Gasteiger partial charge in [-0.1, -0.05) is 47.0 Å². The highest BCUT2D eigenvalue weighted by Crippen LogP contribution is 2.42. The van der Waals surface area contributed by atoms with Crippen LogP contribution in [-0.2, 0) is 4.79 Å². The molecule has 0 saturated heterocycles. The smallest absolute Gasteiger partial charge is 0.237 e. The summed E-state index contributed by atoms with van der Waals surface area (Å²) in [6.07, 6.45) is 7.28. The van der Waals surface area contributed by atoms with Gasteiger partial charge < -0.3 is 11.1 Å². The van der Waals surface area contributed by atoms with Crippen LogP contribution in [0.15, 0.2) is 0 Å². The van der Waals surface area contributed by atoms with E-state index in [0.717, 1.165) is 13.0 Å². The van der Waals surface area contributed by atoms with Gasteiger partial charge in [0.25, 0.3) is 0 Å². The van der Waals surface area contributed by atoms with E-state index in [1.54, 1.807) is 0 Å². The molecule has 0 spiro atoms. The lowest BCUT2D eigenvalue weighted by Gasteiger charge is -2.32. The van der Waals surface area contributed by atoms with Gasteiger partial charge in [-0.3, -0.25) is 4.79 Å². The molecule has 3 heteroatoms. The number of nitrogens with two attached hydrogens (primary N) is 1. The van der Waals surface area contributed by atoms with E-state index in [1.165, 1.54) is 32.1 Å². The summed E-state index contributed by atoms with van der Waals surface area (Å²) in [5, 5.41) is 3.12. The minimum Gasteiger partial charge on any atom is -0.354 e. The molecule has 3 nitrogen and oxygen atoms in total. The molecule has 0 radical (unpaired) electrons. The Morgan fingerprint density at radius 2 is 1.84 bits per heavy atom. The SMILES string of the molecule is CCC(C)[C@H](N)C(=O)NCC1(CC(C)C)CCCC1. The van der Waals surface area contributed by atoms with Gasteiger partial charge in [-0.15, -0.1) is 0 Å². The third kappa shape index (κ3) is 4.79. The average Bonchev–Trinajstić information content (AvgIpc) is 2.82. The molecular formula is C16H32N2O. The molecular weight excluding hydrogens is 236 g/mol. The number of nitrogens with one attached hydrogen (secondary N) is 1. The maximum absolute atomic E-state index is 12.1. The highest BCUT2D eigenvalue weighted by Gasteiger charge is 2.35. The van der Waals surface area contributed by atoms with Gasteiger partial charge >= 0.3 is 0 Å². The lowest BCUT2D eigenvalue weighted by molar-refractivity contribution is -0.124. The second-order valence-corrected chi connectivity index (χ2v) is 6.93. The second kappa shape index (κ2) is 7.28. The fraction of sp³-hybridized carbons (Fsp3) is 0.938. The van der Waals surface area contributed by atoms with Crippen LogP contribution < -0.4 is 11.1 Å². The third-order valence-corrected chi connectivity index (χ3v) is 4.70. The number of hydrogen-bond acceptors (Lipinski definition) is 2. The highest BCUT2D eigenvalue weighted by atomic mass is 16.2. The molecule has 1 aliphatic rings. The topological polar surface area (TPSA) is 55.1 Å². The highest BCUT2D eigenvalue weighted by molar-refractivity contribution is 5.81. The van der Waals surface area contributed by atoms with Gasteiger partial charge in [0.05, 0.1) is 6.04 Å². The van der Waals surface area contributed by atoms with Crippen molar-refractivity contribution in [3.05, 3.63) is 0 Å². The number of amides is 1. The van der Waals surface area contributed by atoms with Gasteiger partial charge in [-0.05, 0) is 36.5 Å². The third-order valence-electron chi connectivity index (χ3n) is 4.70. The lowest BCUT2D eigenvalue weighted by Crippen LogP contribution is -2.47. The van der Waals surface area contributed by atoms with Crippen molar-refractivity contribution in [3.8, 4) is 0 Å². The molecule has 1 amide bonds. The van der Waals surface area contributed by atoms with Crippen LogP contribution in [0, 0.1) is 17.3 Å². The van der Waals surface area contributed by atoms with Crippen molar-refractivity contribution in [2.45, 2.75) is 72.3 Å². The van der Waals surface area contributed by atoms with E-state index in [0.29, 0.717) is 11.3 Å². The summed E-state index contributed by atoms with van der Waals surface area (Å²) in [4.78, 5) is 12.1. The fourth-order valence-electron chi connectivity index (χ4n) is 3.35. The monoisotopic (exact) mass is 268 g/mol. The Bertz CT molecular complexity index is 282. The quantitative estimate of drug-likeness (QED) is 0.745. The molecule has 1 unspecified atom stereocenters. The molecule has 1 fully saturated rings. The molecule has 0 aliphatic heterocycles. The Balaban J connectivity index is 2.50. The summed E-state index contributed by atoms with van der Waals surface area (Å²) in [7, 11) is 0. The van der Waals surface area contributed by atoms with Crippen LogP contribution in [-0.4, -0.2) is 18.5 Å². The summed E-state index contributed by atoms with van der Waals surface area (Å²) >= 11 is 0. The van der Waals surface area contributed by atoms with Gasteiger partial charge in [-0.25, -0.2) is 0 Å². The summed E-state index contributed by atoms with van der Waals surface area (Å²) in [6.45, 7) is 9.48. The molecule has 1 aliphatic carbocycles. The maximum Gasteiger partial charge on any atom is 0.237 e. The average molecular weight is 268 g/mol. The Kier molecular flexibility index (Phi) is 6.31. The summed E-state index contributed by atoms with van der Waals surface area (Å²) < 4.78 is 0. The van der Waals surface area contributed by atoms with E-state index in [-0.39, 0.29) is 17.9 Å². The van der Waals surface area contributed by atoms with Crippen LogP contribution in [0.5, 0.6) is 0 Å². The van der Waals surface area contributed by atoms with Crippen LogP contribution in [0.1, 0.15) is 66.2 Å². The number of carbonyl (C=O) groups is 1. The first-order chi connectivity index (χ1) is 8.90. The van der Waals surface area contributed by atoms with Crippen LogP contribution in [0.3, 0.4) is 0 Å². The summed E-state index contributed by atoms with van der Waals surface area (Å²) in [5.74, 6) is 0.979. The van der Waals surface area contributed by atoms with Gasteiger partial charge in [0.1, 0.15) is 0 Å². The number of carbonyl (C=O) groups excluding carboxylic acids is 1. The zero-order chi connectivity index (χ0) is 14.5. The fourth-order valence-corrected chi connectivity index (χ4v) is 3.35. The van der Waals surface area contributed by atoms with E-state index >= 15 is 0 Å². The van der Waals surface area contributed by atoms with Crippen LogP contribution in [0.25, 0.3) is 0 Å². The Labute approximate surface area is 118 Å². The maximum atomic E-state index is 12.1. The molecule has 0 heterocycles. The van der Waals surface area contributed by atoms with Crippen molar-refractivity contribution in [2.24, 2.45) is 23.0 Å². The van der Waals surface area contributed by atoms with E-state index in [2.05, 4.69) is 26.1 Å². The largest absolute Gasteiger partial charge is 0.354 e. The Morgan fingerprint density at radius 1 is 1.26 bits per heavy atom. The predicted molar refractivity (Wildman–Crippen MR) is 80.8 cm³/mol. The molecule has 0 aromatic heterocycles. The first-order valence-electron chi connectivity index (χ1n) is 7.93. The minimum atomic E-state index is -0.359. The molecule has 3 N–H and O–H groups in total. The van der Waals surface area contributed by atoms with Crippen molar-refractivity contribution in [1.82, 2.24) is 5.32 Å². The van der Waals surface area contributed by atoms with Gasteiger partial charge in [-0.2, -0.15) is 0 Å². The summed E-state index contributed by atoms with van der Waals surface area (Å²) in [6, 6.07) is -0.359. The number of rotatable bonds is 7.